The molecule has 122 valence electrons. The quantitative estimate of drug-likeness (QED) is 0.822. The van der Waals surface area contributed by atoms with Crippen molar-refractivity contribution >= 4 is 11.6 Å². The molecular formula is C16H15F3N2O2. The Labute approximate surface area is 131 Å². The summed E-state index contributed by atoms with van der Waals surface area (Å²) in [7, 11) is 0. The van der Waals surface area contributed by atoms with Crippen LogP contribution in [-0.4, -0.2) is 19.1 Å². The number of halogens is 3. The van der Waals surface area contributed by atoms with Gasteiger partial charge in [0.25, 0.3) is 0 Å². The lowest BCUT2D eigenvalue weighted by molar-refractivity contribution is -0.119. The summed E-state index contributed by atoms with van der Waals surface area (Å²) in [6, 6.07) is 12.1. The minimum absolute atomic E-state index is 0.0440. The minimum Gasteiger partial charge on any atom is -0.433 e. The molecule has 7 heteroatoms. The van der Waals surface area contributed by atoms with Gasteiger partial charge in [0.15, 0.2) is 0 Å². The van der Waals surface area contributed by atoms with Crippen LogP contribution in [0.5, 0.6) is 5.75 Å². The number of para-hydroxylation sites is 2. The smallest absolute Gasteiger partial charge is 0.387 e. The highest BCUT2D eigenvalue weighted by atomic mass is 19.3. The number of alkyl halides is 2. The largest absolute Gasteiger partial charge is 0.433 e. The van der Waals surface area contributed by atoms with Gasteiger partial charge in [0.05, 0.1) is 12.2 Å². The number of carbonyl (C=O) groups excluding carboxylic acids is 1. The summed E-state index contributed by atoms with van der Waals surface area (Å²) in [5.74, 6) is -0.860. The predicted octanol–water partition coefficient (Wildman–Crippen LogP) is 3.16. The summed E-state index contributed by atoms with van der Waals surface area (Å²) in [5, 5.41) is 5.25. The fourth-order valence-electron chi connectivity index (χ4n) is 1.89. The summed E-state index contributed by atoms with van der Waals surface area (Å²) in [6.45, 7) is -3.06. The fraction of sp³-hybridized carbons (Fsp3) is 0.188. The number of hydrogen-bond donors (Lipinski definition) is 2. The van der Waals surface area contributed by atoms with Gasteiger partial charge >= 0.3 is 6.61 Å². The van der Waals surface area contributed by atoms with Crippen LogP contribution in [0.25, 0.3) is 0 Å². The van der Waals surface area contributed by atoms with Crippen molar-refractivity contribution in [2.45, 2.75) is 13.2 Å². The number of nitrogens with one attached hydrogen (secondary N) is 2. The van der Waals surface area contributed by atoms with Crippen LogP contribution in [0.3, 0.4) is 0 Å². The van der Waals surface area contributed by atoms with Crippen LogP contribution in [0.2, 0.25) is 0 Å². The molecule has 2 rings (SSSR count). The molecule has 0 aliphatic heterocycles. The van der Waals surface area contributed by atoms with Gasteiger partial charge in [-0.2, -0.15) is 8.78 Å². The molecular weight excluding hydrogens is 309 g/mol. The number of benzene rings is 2. The second-order valence-corrected chi connectivity index (χ2v) is 4.60. The lowest BCUT2D eigenvalue weighted by Gasteiger charge is -2.12. The first-order chi connectivity index (χ1) is 11.1. The molecule has 0 bridgehead atoms. The molecule has 0 atom stereocenters. The molecule has 1 amide bonds. The van der Waals surface area contributed by atoms with Gasteiger partial charge in [0.2, 0.25) is 5.91 Å². The maximum Gasteiger partial charge on any atom is 0.387 e. The molecule has 2 aromatic rings. The van der Waals surface area contributed by atoms with Crippen molar-refractivity contribution in [3.05, 3.63) is 59.9 Å². The summed E-state index contributed by atoms with van der Waals surface area (Å²) in [6.07, 6.45) is 0. The molecule has 0 radical (unpaired) electrons. The third-order valence-corrected chi connectivity index (χ3v) is 2.98. The van der Waals surface area contributed by atoms with E-state index in [1.165, 1.54) is 18.2 Å². The number of rotatable bonds is 7. The maximum absolute atomic E-state index is 13.4. The highest BCUT2D eigenvalue weighted by molar-refractivity contribution is 5.81. The standard InChI is InChI=1S/C16H15F3N2O2/c17-12-6-2-1-5-11(12)9-21-15(22)10-20-13-7-3-4-8-14(13)23-16(18)19/h1-8,16,20H,9-10H2,(H,21,22). The van der Waals surface area contributed by atoms with Crippen molar-refractivity contribution in [1.29, 1.82) is 0 Å². The fourth-order valence-corrected chi connectivity index (χ4v) is 1.89. The van der Waals surface area contributed by atoms with Crippen LogP contribution in [0.15, 0.2) is 48.5 Å². The molecule has 2 N–H and O–H groups in total. The molecule has 4 nitrogen and oxygen atoms in total. The van der Waals surface area contributed by atoms with Crippen LogP contribution >= 0.6 is 0 Å². The first kappa shape index (κ1) is 16.7. The first-order valence-electron chi connectivity index (χ1n) is 6.84. The number of anilines is 1. The van der Waals surface area contributed by atoms with E-state index in [-0.39, 0.29) is 24.5 Å². The summed E-state index contributed by atoms with van der Waals surface area (Å²) >= 11 is 0. The van der Waals surface area contributed by atoms with Crippen LogP contribution < -0.4 is 15.4 Å². The molecule has 2 aromatic carbocycles. The Balaban J connectivity index is 1.86. The average Bonchev–Trinajstić information content (AvgIpc) is 2.53. The Morgan fingerprint density at radius 2 is 1.78 bits per heavy atom. The molecule has 0 aliphatic rings. The Hall–Kier alpha value is -2.70. The third-order valence-electron chi connectivity index (χ3n) is 2.98. The van der Waals surface area contributed by atoms with Crippen molar-refractivity contribution in [3.63, 3.8) is 0 Å². The Morgan fingerprint density at radius 1 is 1.09 bits per heavy atom. The third kappa shape index (κ3) is 5.21. The second-order valence-electron chi connectivity index (χ2n) is 4.60. The summed E-state index contributed by atoms with van der Waals surface area (Å²) in [4.78, 5) is 11.7. The zero-order valence-electron chi connectivity index (χ0n) is 12.1. The van der Waals surface area contributed by atoms with E-state index in [1.54, 1.807) is 30.3 Å². The highest BCUT2D eigenvalue weighted by Gasteiger charge is 2.10. The van der Waals surface area contributed by atoms with Crippen LogP contribution in [0.4, 0.5) is 18.9 Å². The highest BCUT2D eigenvalue weighted by Crippen LogP contribution is 2.25. The molecule has 0 spiro atoms. The van der Waals surface area contributed by atoms with E-state index in [1.807, 2.05) is 0 Å². The zero-order valence-corrected chi connectivity index (χ0v) is 12.1. The SMILES string of the molecule is O=C(CNc1ccccc1OC(F)F)NCc1ccccc1F. The van der Waals surface area contributed by atoms with Crippen molar-refractivity contribution in [3.8, 4) is 5.75 Å². The first-order valence-corrected chi connectivity index (χ1v) is 6.84. The molecule has 0 saturated heterocycles. The molecule has 0 fully saturated rings. The van der Waals surface area contributed by atoms with E-state index in [0.29, 0.717) is 5.56 Å². The number of hydrogen-bond acceptors (Lipinski definition) is 3. The van der Waals surface area contributed by atoms with Gasteiger partial charge in [-0.3, -0.25) is 4.79 Å². The maximum atomic E-state index is 13.4. The van der Waals surface area contributed by atoms with Crippen molar-refractivity contribution in [2.75, 3.05) is 11.9 Å². The van der Waals surface area contributed by atoms with Gasteiger partial charge in [-0.1, -0.05) is 30.3 Å². The molecule has 0 unspecified atom stereocenters. The Kier molecular flexibility index (Phi) is 5.85. The van der Waals surface area contributed by atoms with E-state index in [2.05, 4.69) is 15.4 Å². The number of ether oxygens (including phenoxy) is 1. The molecule has 23 heavy (non-hydrogen) atoms. The topological polar surface area (TPSA) is 50.4 Å². The van der Waals surface area contributed by atoms with Gasteiger partial charge < -0.3 is 15.4 Å². The van der Waals surface area contributed by atoms with Crippen molar-refractivity contribution < 1.29 is 22.7 Å². The van der Waals surface area contributed by atoms with E-state index in [0.717, 1.165) is 0 Å². The molecule has 0 heterocycles. The van der Waals surface area contributed by atoms with E-state index in [9.17, 15) is 18.0 Å². The summed E-state index contributed by atoms with van der Waals surface area (Å²) < 4.78 is 42.3. The van der Waals surface area contributed by atoms with Crippen LogP contribution in [0, 0.1) is 5.82 Å². The Morgan fingerprint density at radius 3 is 2.52 bits per heavy atom. The number of carbonyl (C=O) groups is 1. The lowest BCUT2D eigenvalue weighted by Crippen LogP contribution is -2.29. The van der Waals surface area contributed by atoms with E-state index >= 15 is 0 Å². The molecule has 0 saturated carbocycles. The molecule has 0 aliphatic carbocycles. The van der Waals surface area contributed by atoms with Crippen LogP contribution in [0.1, 0.15) is 5.56 Å². The lowest BCUT2D eigenvalue weighted by atomic mass is 10.2. The van der Waals surface area contributed by atoms with Crippen molar-refractivity contribution in [2.24, 2.45) is 0 Å². The van der Waals surface area contributed by atoms with Crippen LogP contribution in [-0.2, 0) is 11.3 Å². The van der Waals surface area contributed by atoms with Gasteiger partial charge in [0.1, 0.15) is 11.6 Å². The normalized spacial score (nSPS) is 10.4. The average molecular weight is 324 g/mol. The van der Waals surface area contributed by atoms with Gasteiger partial charge in [-0.25, -0.2) is 4.39 Å². The van der Waals surface area contributed by atoms with E-state index in [4.69, 9.17) is 0 Å². The van der Waals surface area contributed by atoms with E-state index < -0.39 is 18.3 Å². The summed E-state index contributed by atoms with van der Waals surface area (Å²) in [5.41, 5.74) is 0.635. The second kappa shape index (κ2) is 8.07. The number of amides is 1. The van der Waals surface area contributed by atoms with Gasteiger partial charge in [0, 0.05) is 12.1 Å². The van der Waals surface area contributed by atoms with Crippen molar-refractivity contribution in [1.82, 2.24) is 5.32 Å². The zero-order chi connectivity index (χ0) is 16.7. The minimum atomic E-state index is -2.95. The predicted molar refractivity (Wildman–Crippen MR) is 79.8 cm³/mol. The van der Waals surface area contributed by atoms with Gasteiger partial charge in [-0.05, 0) is 18.2 Å². The Bertz CT molecular complexity index is 665. The van der Waals surface area contributed by atoms with Gasteiger partial charge in [-0.15, -0.1) is 0 Å². The molecule has 0 aromatic heterocycles. The monoisotopic (exact) mass is 324 g/mol.